The number of aromatic nitrogens is 3. The van der Waals surface area contributed by atoms with Crippen LogP contribution in [0.15, 0.2) is 90.4 Å². The normalized spacial score (nSPS) is 10.8. The Balaban J connectivity index is 1.38. The van der Waals surface area contributed by atoms with E-state index in [0.29, 0.717) is 22.6 Å². The molecule has 162 valence electrons. The Kier molecular flexibility index (Phi) is 5.93. The molecule has 0 atom stereocenters. The van der Waals surface area contributed by atoms with Crippen LogP contribution in [0.4, 0.5) is 11.4 Å². The van der Waals surface area contributed by atoms with Crippen LogP contribution in [0.1, 0.15) is 10.4 Å². The third-order valence-electron chi connectivity index (χ3n) is 5.11. The van der Waals surface area contributed by atoms with Gasteiger partial charge in [0.1, 0.15) is 5.69 Å². The molecule has 0 bridgehead atoms. The Morgan fingerprint density at radius 2 is 1.82 bits per heavy atom. The first-order valence-electron chi connectivity index (χ1n) is 10.1. The van der Waals surface area contributed by atoms with Gasteiger partial charge in [-0.25, -0.2) is 4.68 Å². The number of amides is 1. The van der Waals surface area contributed by atoms with E-state index in [9.17, 15) is 4.79 Å². The van der Waals surface area contributed by atoms with Crippen molar-refractivity contribution >= 4 is 51.2 Å². The van der Waals surface area contributed by atoms with Crippen LogP contribution in [0.3, 0.4) is 0 Å². The van der Waals surface area contributed by atoms with E-state index in [4.69, 9.17) is 5.73 Å². The number of hydrogen-bond donors (Lipinski definition) is 2. The Labute approximate surface area is 208 Å². The number of nitrogen functional groups attached to an aromatic ring is 1. The molecular weight excluding hydrogens is 545 g/mol. The van der Waals surface area contributed by atoms with Gasteiger partial charge in [0.05, 0.1) is 23.3 Å². The first-order valence-corrected chi connectivity index (χ1v) is 12.1. The predicted octanol–water partition coefficient (Wildman–Crippen LogP) is 6.10. The monoisotopic (exact) mass is 563 g/mol. The highest BCUT2D eigenvalue weighted by molar-refractivity contribution is 14.1. The van der Waals surface area contributed by atoms with Crippen molar-refractivity contribution in [3.63, 3.8) is 0 Å². The van der Waals surface area contributed by atoms with Crippen molar-refractivity contribution in [3.05, 3.63) is 99.6 Å². The van der Waals surface area contributed by atoms with E-state index in [-0.39, 0.29) is 5.91 Å². The van der Waals surface area contributed by atoms with Gasteiger partial charge in [-0.1, -0.05) is 29.5 Å². The van der Waals surface area contributed by atoms with Crippen molar-refractivity contribution in [1.82, 2.24) is 15.0 Å². The molecule has 0 aliphatic rings. The van der Waals surface area contributed by atoms with Gasteiger partial charge in [0.15, 0.2) is 0 Å². The molecule has 5 rings (SSSR count). The van der Waals surface area contributed by atoms with Crippen molar-refractivity contribution in [2.45, 2.75) is 0 Å². The molecule has 0 saturated carbocycles. The minimum atomic E-state index is -0.239. The predicted molar refractivity (Wildman–Crippen MR) is 142 cm³/mol. The molecule has 0 aliphatic heterocycles. The van der Waals surface area contributed by atoms with Crippen LogP contribution in [0.5, 0.6) is 0 Å². The maximum Gasteiger partial charge on any atom is 0.255 e. The van der Waals surface area contributed by atoms with E-state index in [1.165, 1.54) is 0 Å². The van der Waals surface area contributed by atoms with Crippen molar-refractivity contribution in [1.29, 1.82) is 0 Å². The molecule has 0 unspecified atom stereocenters. The zero-order valence-corrected chi connectivity index (χ0v) is 20.2. The number of carbonyl (C=O) groups excluding carboxylic acids is 1. The SMILES string of the molecule is Nc1ccc(-c2cccs2)cc1NC(=O)c1cccc(-c2cn(-c3ccc(I)cc3)nn2)c1. The van der Waals surface area contributed by atoms with Crippen LogP contribution < -0.4 is 11.1 Å². The first-order chi connectivity index (χ1) is 16.1. The smallest absolute Gasteiger partial charge is 0.255 e. The maximum absolute atomic E-state index is 13.0. The molecule has 3 aromatic carbocycles. The van der Waals surface area contributed by atoms with Gasteiger partial charge in [0.2, 0.25) is 0 Å². The fourth-order valence-electron chi connectivity index (χ4n) is 3.39. The molecule has 8 heteroatoms. The van der Waals surface area contributed by atoms with E-state index in [0.717, 1.165) is 25.3 Å². The van der Waals surface area contributed by atoms with E-state index >= 15 is 0 Å². The molecule has 6 nitrogen and oxygen atoms in total. The fourth-order valence-corrected chi connectivity index (χ4v) is 4.47. The first kappa shape index (κ1) is 21.4. The molecule has 0 radical (unpaired) electrons. The lowest BCUT2D eigenvalue weighted by atomic mass is 10.1. The summed E-state index contributed by atoms with van der Waals surface area (Å²) in [6.07, 6.45) is 1.85. The van der Waals surface area contributed by atoms with Crippen molar-refractivity contribution in [3.8, 4) is 27.4 Å². The molecule has 0 saturated heterocycles. The minimum Gasteiger partial charge on any atom is -0.397 e. The summed E-state index contributed by atoms with van der Waals surface area (Å²) in [4.78, 5) is 14.1. The molecule has 2 heterocycles. The van der Waals surface area contributed by atoms with Gasteiger partial charge in [-0.3, -0.25) is 4.79 Å². The van der Waals surface area contributed by atoms with Crippen LogP contribution in [0.25, 0.3) is 27.4 Å². The van der Waals surface area contributed by atoms with Crippen LogP contribution in [0.2, 0.25) is 0 Å². The third kappa shape index (κ3) is 4.67. The van der Waals surface area contributed by atoms with Crippen LogP contribution in [0, 0.1) is 3.57 Å². The summed E-state index contributed by atoms with van der Waals surface area (Å²) >= 11 is 3.90. The number of carbonyl (C=O) groups is 1. The van der Waals surface area contributed by atoms with Gasteiger partial charge in [0.25, 0.3) is 5.91 Å². The summed E-state index contributed by atoms with van der Waals surface area (Å²) in [6.45, 7) is 0. The highest BCUT2D eigenvalue weighted by Gasteiger charge is 2.12. The van der Waals surface area contributed by atoms with E-state index < -0.39 is 0 Å². The summed E-state index contributed by atoms with van der Waals surface area (Å²) in [5.74, 6) is -0.239. The quantitative estimate of drug-likeness (QED) is 0.200. The maximum atomic E-state index is 13.0. The zero-order chi connectivity index (χ0) is 22.8. The van der Waals surface area contributed by atoms with Gasteiger partial charge >= 0.3 is 0 Å². The summed E-state index contributed by atoms with van der Waals surface area (Å²) < 4.78 is 2.87. The summed E-state index contributed by atoms with van der Waals surface area (Å²) in [5.41, 5.74) is 11.2. The number of hydrogen-bond acceptors (Lipinski definition) is 5. The van der Waals surface area contributed by atoms with Crippen LogP contribution >= 0.6 is 33.9 Å². The minimum absolute atomic E-state index is 0.239. The Bertz CT molecular complexity index is 1430. The van der Waals surface area contributed by atoms with E-state index in [1.807, 2.05) is 78.3 Å². The van der Waals surface area contributed by atoms with Gasteiger partial charge in [-0.2, -0.15) is 0 Å². The molecule has 5 aromatic rings. The summed E-state index contributed by atoms with van der Waals surface area (Å²) in [5, 5.41) is 13.5. The van der Waals surface area contributed by atoms with E-state index in [2.05, 4.69) is 38.2 Å². The van der Waals surface area contributed by atoms with Gasteiger partial charge in [-0.05, 0) is 88.1 Å². The van der Waals surface area contributed by atoms with Crippen molar-refractivity contribution in [2.75, 3.05) is 11.1 Å². The van der Waals surface area contributed by atoms with Gasteiger partial charge < -0.3 is 11.1 Å². The second-order valence-corrected chi connectivity index (χ2v) is 9.53. The topological polar surface area (TPSA) is 85.8 Å². The molecule has 3 N–H and O–H groups in total. The lowest BCUT2D eigenvalue weighted by Gasteiger charge is -2.10. The average molecular weight is 563 g/mol. The molecule has 0 fully saturated rings. The largest absolute Gasteiger partial charge is 0.397 e. The number of benzene rings is 3. The third-order valence-corrected chi connectivity index (χ3v) is 6.75. The molecule has 0 spiro atoms. The second kappa shape index (κ2) is 9.16. The van der Waals surface area contributed by atoms with Crippen LogP contribution in [-0.4, -0.2) is 20.9 Å². The van der Waals surface area contributed by atoms with Crippen molar-refractivity contribution < 1.29 is 4.79 Å². The van der Waals surface area contributed by atoms with Crippen molar-refractivity contribution in [2.24, 2.45) is 0 Å². The number of rotatable bonds is 5. The molecule has 0 aliphatic carbocycles. The highest BCUT2D eigenvalue weighted by Crippen LogP contribution is 2.30. The lowest BCUT2D eigenvalue weighted by molar-refractivity contribution is 0.102. The number of nitrogens with zero attached hydrogens (tertiary/aromatic N) is 3. The Morgan fingerprint density at radius 3 is 2.61 bits per heavy atom. The second-order valence-electron chi connectivity index (χ2n) is 7.34. The van der Waals surface area contributed by atoms with E-state index in [1.54, 1.807) is 28.2 Å². The molecule has 1 amide bonds. The molecule has 33 heavy (non-hydrogen) atoms. The number of thiophene rings is 1. The number of halogens is 1. The zero-order valence-electron chi connectivity index (χ0n) is 17.3. The standard InChI is InChI=1S/C25H18IN5OS/c26-19-7-9-20(10-8-19)31-15-23(29-30-31)16-3-1-4-18(13-16)25(32)28-22-14-17(6-11-21(22)27)24-5-2-12-33-24/h1-15H,27H2,(H,28,32). The Hall–Kier alpha value is -3.50. The number of nitrogens with one attached hydrogen (secondary N) is 1. The Morgan fingerprint density at radius 1 is 0.970 bits per heavy atom. The fraction of sp³-hybridized carbons (Fsp3) is 0. The molecule has 2 aromatic heterocycles. The summed E-state index contributed by atoms with van der Waals surface area (Å²) in [7, 11) is 0. The molecular formula is C25H18IN5OS. The average Bonchev–Trinajstić information content (AvgIpc) is 3.54. The lowest BCUT2D eigenvalue weighted by Crippen LogP contribution is -2.13. The number of anilines is 2. The number of nitrogens with two attached hydrogens (primary N) is 1. The van der Waals surface area contributed by atoms with Crippen LogP contribution in [-0.2, 0) is 0 Å². The van der Waals surface area contributed by atoms with Gasteiger partial charge in [0, 0.05) is 19.6 Å². The van der Waals surface area contributed by atoms with Gasteiger partial charge in [-0.15, -0.1) is 16.4 Å². The highest BCUT2D eigenvalue weighted by atomic mass is 127. The summed E-state index contributed by atoms with van der Waals surface area (Å²) in [6, 6.07) is 25.0.